The standard InChI is InChI=1S/C12H13NO4/c1-17-12(16)10-6-5-7-8(11(14)15)3-2-4-9(7)13-10/h2-4,10,13H,5-6H2,1H3,(H,14,15). The SMILES string of the molecule is COC(=O)C1CCc2c(cccc2C(=O)O)N1. The molecule has 1 heterocycles. The maximum absolute atomic E-state index is 11.4. The van der Waals surface area contributed by atoms with Crippen molar-refractivity contribution >= 4 is 17.6 Å². The molecular weight excluding hydrogens is 222 g/mol. The molecule has 0 amide bonds. The lowest BCUT2D eigenvalue weighted by Gasteiger charge is -2.26. The number of methoxy groups -OCH3 is 1. The molecule has 1 aromatic rings. The van der Waals surface area contributed by atoms with E-state index in [4.69, 9.17) is 5.11 Å². The number of carbonyl (C=O) groups is 2. The molecule has 5 nitrogen and oxygen atoms in total. The van der Waals surface area contributed by atoms with Crippen molar-refractivity contribution in [2.24, 2.45) is 0 Å². The van der Waals surface area contributed by atoms with Gasteiger partial charge >= 0.3 is 11.9 Å². The van der Waals surface area contributed by atoms with Crippen LogP contribution in [0.3, 0.4) is 0 Å². The maximum Gasteiger partial charge on any atom is 0.336 e. The van der Waals surface area contributed by atoms with Gasteiger partial charge in [-0.1, -0.05) is 6.07 Å². The molecule has 0 saturated carbocycles. The van der Waals surface area contributed by atoms with E-state index >= 15 is 0 Å². The first-order valence-corrected chi connectivity index (χ1v) is 5.33. The van der Waals surface area contributed by atoms with E-state index in [9.17, 15) is 9.59 Å². The van der Waals surface area contributed by atoms with Crippen molar-refractivity contribution in [1.82, 2.24) is 0 Å². The second-order valence-electron chi connectivity index (χ2n) is 3.90. The summed E-state index contributed by atoms with van der Waals surface area (Å²) in [6.45, 7) is 0. The number of carboxylic acid groups (broad SMARTS) is 1. The summed E-state index contributed by atoms with van der Waals surface area (Å²) >= 11 is 0. The summed E-state index contributed by atoms with van der Waals surface area (Å²) in [5.74, 6) is -1.27. The minimum atomic E-state index is -0.944. The van der Waals surface area contributed by atoms with Gasteiger partial charge in [0.1, 0.15) is 6.04 Å². The van der Waals surface area contributed by atoms with Crippen molar-refractivity contribution in [2.75, 3.05) is 12.4 Å². The van der Waals surface area contributed by atoms with Crippen LogP contribution in [0.2, 0.25) is 0 Å². The van der Waals surface area contributed by atoms with Gasteiger partial charge in [0.25, 0.3) is 0 Å². The predicted octanol–water partition coefficient (Wildman–Crippen LogP) is 1.28. The third kappa shape index (κ3) is 2.08. The summed E-state index contributed by atoms with van der Waals surface area (Å²) < 4.78 is 4.66. The van der Waals surface area contributed by atoms with Crippen molar-refractivity contribution in [3.05, 3.63) is 29.3 Å². The summed E-state index contributed by atoms with van der Waals surface area (Å²) in [7, 11) is 1.34. The number of carbonyl (C=O) groups excluding carboxylic acids is 1. The van der Waals surface area contributed by atoms with Gasteiger partial charge in [-0.15, -0.1) is 0 Å². The van der Waals surface area contributed by atoms with E-state index in [1.165, 1.54) is 7.11 Å². The highest BCUT2D eigenvalue weighted by Gasteiger charge is 2.26. The van der Waals surface area contributed by atoms with Crippen LogP contribution in [0, 0.1) is 0 Å². The van der Waals surface area contributed by atoms with Gasteiger partial charge in [-0.25, -0.2) is 9.59 Å². The van der Waals surface area contributed by atoms with Gasteiger partial charge in [0.15, 0.2) is 0 Å². The van der Waals surface area contributed by atoms with E-state index in [1.807, 2.05) is 0 Å². The fourth-order valence-corrected chi connectivity index (χ4v) is 2.06. The Morgan fingerprint density at radius 1 is 1.47 bits per heavy atom. The van der Waals surface area contributed by atoms with Gasteiger partial charge in [0.2, 0.25) is 0 Å². The average molecular weight is 235 g/mol. The molecule has 1 aromatic carbocycles. The van der Waals surface area contributed by atoms with Gasteiger partial charge in [-0.3, -0.25) is 0 Å². The van der Waals surface area contributed by atoms with Crippen LogP contribution in [0.15, 0.2) is 18.2 Å². The molecule has 1 aliphatic heterocycles. The van der Waals surface area contributed by atoms with Crippen LogP contribution >= 0.6 is 0 Å². The van der Waals surface area contributed by atoms with Gasteiger partial charge in [0, 0.05) is 5.69 Å². The number of carboxylic acids is 1. The van der Waals surface area contributed by atoms with Crippen molar-refractivity contribution < 1.29 is 19.4 Å². The van der Waals surface area contributed by atoms with Crippen LogP contribution in [0.25, 0.3) is 0 Å². The zero-order chi connectivity index (χ0) is 12.4. The highest BCUT2D eigenvalue weighted by Crippen LogP contribution is 2.28. The van der Waals surface area contributed by atoms with Crippen LogP contribution in [-0.2, 0) is 16.0 Å². The molecule has 1 aliphatic rings. The number of benzene rings is 1. The fourth-order valence-electron chi connectivity index (χ4n) is 2.06. The van der Waals surface area contributed by atoms with E-state index in [2.05, 4.69) is 10.1 Å². The monoisotopic (exact) mass is 235 g/mol. The number of esters is 1. The molecule has 0 aliphatic carbocycles. The minimum Gasteiger partial charge on any atom is -0.478 e. The molecule has 0 saturated heterocycles. The van der Waals surface area contributed by atoms with E-state index in [0.29, 0.717) is 24.1 Å². The first-order chi connectivity index (χ1) is 8.13. The summed E-state index contributed by atoms with van der Waals surface area (Å²) in [4.78, 5) is 22.4. The predicted molar refractivity (Wildman–Crippen MR) is 61.1 cm³/mol. The third-order valence-corrected chi connectivity index (χ3v) is 2.90. The lowest BCUT2D eigenvalue weighted by molar-refractivity contribution is -0.141. The largest absolute Gasteiger partial charge is 0.478 e. The zero-order valence-electron chi connectivity index (χ0n) is 9.40. The Labute approximate surface area is 98.4 Å². The molecular formula is C12H13NO4. The van der Waals surface area contributed by atoms with Crippen molar-refractivity contribution in [3.63, 3.8) is 0 Å². The second kappa shape index (κ2) is 4.45. The summed E-state index contributed by atoms with van der Waals surface area (Å²) in [6.07, 6.45) is 1.11. The molecule has 5 heteroatoms. The summed E-state index contributed by atoms with van der Waals surface area (Å²) in [6, 6.07) is 4.61. The number of rotatable bonds is 2. The quantitative estimate of drug-likeness (QED) is 0.755. The topological polar surface area (TPSA) is 75.6 Å². The molecule has 0 bridgehead atoms. The highest BCUT2D eigenvalue weighted by molar-refractivity contribution is 5.92. The molecule has 0 fully saturated rings. The number of ether oxygens (including phenoxy) is 1. The van der Waals surface area contributed by atoms with Crippen LogP contribution in [-0.4, -0.2) is 30.2 Å². The minimum absolute atomic E-state index is 0.290. The Morgan fingerprint density at radius 3 is 2.88 bits per heavy atom. The molecule has 0 spiro atoms. The Kier molecular flexibility index (Phi) is 2.99. The molecule has 1 unspecified atom stereocenters. The second-order valence-corrected chi connectivity index (χ2v) is 3.90. The number of anilines is 1. The van der Waals surface area contributed by atoms with Crippen molar-refractivity contribution in [2.45, 2.75) is 18.9 Å². The molecule has 2 N–H and O–H groups in total. The summed E-state index contributed by atoms with van der Waals surface area (Å²) in [5.41, 5.74) is 1.74. The number of nitrogens with one attached hydrogen (secondary N) is 1. The van der Waals surface area contributed by atoms with Gasteiger partial charge < -0.3 is 15.2 Å². The van der Waals surface area contributed by atoms with Crippen molar-refractivity contribution in [1.29, 1.82) is 0 Å². The van der Waals surface area contributed by atoms with Crippen LogP contribution in [0.4, 0.5) is 5.69 Å². The maximum atomic E-state index is 11.4. The molecule has 2 rings (SSSR count). The van der Waals surface area contributed by atoms with E-state index < -0.39 is 12.0 Å². The Bertz CT molecular complexity index is 470. The average Bonchev–Trinajstić information content (AvgIpc) is 2.36. The van der Waals surface area contributed by atoms with Gasteiger partial charge in [-0.05, 0) is 30.5 Å². The molecule has 17 heavy (non-hydrogen) atoms. The Morgan fingerprint density at radius 2 is 2.24 bits per heavy atom. The molecule has 1 atom stereocenters. The van der Waals surface area contributed by atoms with E-state index in [1.54, 1.807) is 18.2 Å². The number of hydrogen-bond donors (Lipinski definition) is 2. The Hall–Kier alpha value is -2.04. The number of aromatic carboxylic acids is 1. The Balaban J connectivity index is 2.31. The zero-order valence-corrected chi connectivity index (χ0v) is 9.40. The van der Waals surface area contributed by atoms with Crippen LogP contribution < -0.4 is 5.32 Å². The lowest BCUT2D eigenvalue weighted by Crippen LogP contribution is -2.34. The third-order valence-electron chi connectivity index (χ3n) is 2.90. The molecule has 0 aromatic heterocycles. The summed E-state index contributed by atoms with van der Waals surface area (Å²) in [5, 5.41) is 12.0. The fraction of sp³-hybridized carbons (Fsp3) is 0.333. The number of fused-ring (bicyclic) bond motifs is 1. The van der Waals surface area contributed by atoms with Crippen LogP contribution in [0.1, 0.15) is 22.3 Å². The first kappa shape index (κ1) is 11.4. The number of hydrogen-bond acceptors (Lipinski definition) is 4. The van der Waals surface area contributed by atoms with Gasteiger partial charge in [-0.2, -0.15) is 0 Å². The van der Waals surface area contributed by atoms with Gasteiger partial charge in [0.05, 0.1) is 12.7 Å². The van der Waals surface area contributed by atoms with Crippen molar-refractivity contribution in [3.8, 4) is 0 Å². The highest BCUT2D eigenvalue weighted by atomic mass is 16.5. The van der Waals surface area contributed by atoms with E-state index in [-0.39, 0.29) is 5.97 Å². The van der Waals surface area contributed by atoms with E-state index in [0.717, 1.165) is 5.56 Å². The smallest absolute Gasteiger partial charge is 0.336 e. The first-order valence-electron chi connectivity index (χ1n) is 5.33. The molecule has 90 valence electrons. The lowest BCUT2D eigenvalue weighted by atomic mass is 9.94. The van der Waals surface area contributed by atoms with Crippen LogP contribution in [0.5, 0.6) is 0 Å². The normalized spacial score (nSPS) is 17.8. The molecule has 0 radical (unpaired) electrons.